The normalized spacial score (nSPS) is 10.5. The van der Waals surface area contributed by atoms with Crippen LogP contribution in [-0.4, -0.2) is 37.4 Å². The van der Waals surface area contributed by atoms with E-state index in [-0.39, 0.29) is 31.3 Å². The van der Waals surface area contributed by atoms with Crippen LogP contribution in [0.4, 0.5) is 8.78 Å². The highest BCUT2D eigenvalue weighted by atomic mass is 79.9. The van der Waals surface area contributed by atoms with Crippen molar-refractivity contribution >= 4 is 40.2 Å². The number of carbonyl (C=O) groups excluding carboxylic acids is 2. The molecular weight excluding hydrogens is 384 g/mol. The highest BCUT2D eigenvalue weighted by molar-refractivity contribution is 9.10. The highest BCUT2D eigenvalue weighted by Gasteiger charge is 2.26. The molecule has 0 saturated heterocycles. The monoisotopic (exact) mass is 399 g/mol. The molecule has 22 heavy (non-hydrogen) atoms. The predicted octanol–water partition coefficient (Wildman–Crippen LogP) is 1.70. The summed E-state index contributed by atoms with van der Waals surface area (Å²) >= 11 is 3.25. The second kappa shape index (κ2) is 9.70. The van der Waals surface area contributed by atoms with Crippen molar-refractivity contribution in [3.8, 4) is 0 Å². The van der Waals surface area contributed by atoms with E-state index in [2.05, 4.69) is 26.6 Å². The van der Waals surface area contributed by atoms with Gasteiger partial charge in [-0.1, -0.05) is 15.9 Å². The summed E-state index contributed by atoms with van der Waals surface area (Å²) in [5.41, 5.74) is 5.30. The van der Waals surface area contributed by atoms with Crippen molar-refractivity contribution in [2.75, 3.05) is 19.6 Å². The smallest absolute Gasteiger partial charge is 0.277 e. The molecule has 0 atom stereocenters. The van der Waals surface area contributed by atoms with E-state index in [9.17, 15) is 18.4 Å². The maximum atomic E-state index is 12.8. The Morgan fingerprint density at radius 3 is 2.32 bits per heavy atom. The number of hydrogen-bond donors (Lipinski definition) is 3. The Morgan fingerprint density at radius 1 is 1.18 bits per heavy atom. The van der Waals surface area contributed by atoms with Crippen LogP contribution in [0, 0.1) is 0 Å². The Morgan fingerprint density at radius 2 is 1.77 bits per heavy atom. The fourth-order valence-electron chi connectivity index (χ4n) is 1.38. The highest BCUT2D eigenvalue weighted by Crippen LogP contribution is 2.10. The number of halogens is 4. The predicted molar refractivity (Wildman–Crippen MR) is 85.4 cm³/mol. The first-order valence-electron chi connectivity index (χ1n) is 6.22. The molecule has 1 aromatic rings. The van der Waals surface area contributed by atoms with Crippen molar-refractivity contribution in [2.45, 2.75) is 12.3 Å². The molecule has 2 amide bonds. The lowest BCUT2D eigenvalue weighted by Crippen LogP contribution is -2.42. The molecule has 9 heteroatoms. The lowest BCUT2D eigenvalue weighted by atomic mass is 10.2. The summed E-state index contributed by atoms with van der Waals surface area (Å²) in [6.45, 7) is -1.56. The molecule has 5 nitrogen and oxygen atoms in total. The summed E-state index contributed by atoms with van der Waals surface area (Å²) in [6.07, 6.45) is -0.0804. The first-order chi connectivity index (χ1) is 9.84. The quantitative estimate of drug-likeness (QED) is 0.651. The number of rotatable bonds is 7. The van der Waals surface area contributed by atoms with Crippen LogP contribution in [0.5, 0.6) is 0 Å². The summed E-state index contributed by atoms with van der Waals surface area (Å²) in [5.74, 6) is -4.02. The molecule has 0 aliphatic heterocycles. The Hall–Kier alpha value is -1.25. The first kappa shape index (κ1) is 20.8. The van der Waals surface area contributed by atoms with Gasteiger partial charge < -0.3 is 16.4 Å². The summed E-state index contributed by atoms with van der Waals surface area (Å²) in [5, 5.41) is 4.60. The number of alkyl halides is 2. The third-order valence-electron chi connectivity index (χ3n) is 2.59. The zero-order chi connectivity index (χ0) is 15.9. The summed E-state index contributed by atoms with van der Waals surface area (Å²) in [6, 6.07) is 6.69. The molecule has 1 aromatic carbocycles. The van der Waals surface area contributed by atoms with Crippen LogP contribution in [0.3, 0.4) is 0 Å². The molecule has 124 valence electrons. The molecule has 0 unspecified atom stereocenters. The van der Waals surface area contributed by atoms with Gasteiger partial charge in [0.05, 0.1) is 13.1 Å². The number of nitrogens with one attached hydrogen (secondary N) is 2. The van der Waals surface area contributed by atoms with Gasteiger partial charge in [-0.25, -0.2) is 8.78 Å². The lowest BCUT2D eigenvalue weighted by molar-refractivity contribution is -0.122. The second-order valence-electron chi connectivity index (χ2n) is 4.35. The Bertz CT molecular complexity index is 501. The Kier molecular flexibility index (Phi) is 9.15. The van der Waals surface area contributed by atoms with Crippen LogP contribution in [0.25, 0.3) is 0 Å². The minimum Gasteiger partial charge on any atom is -0.352 e. The van der Waals surface area contributed by atoms with E-state index >= 15 is 0 Å². The van der Waals surface area contributed by atoms with Gasteiger partial charge in [-0.15, -0.1) is 12.4 Å². The van der Waals surface area contributed by atoms with Crippen LogP contribution in [-0.2, 0) is 4.79 Å². The van der Waals surface area contributed by atoms with Gasteiger partial charge in [0.25, 0.3) is 11.8 Å². The van der Waals surface area contributed by atoms with E-state index in [4.69, 9.17) is 5.73 Å². The third kappa shape index (κ3) is 7.67. The number of hydrogen-bond acceptors (Lipinski definition) is 3. The van der Waals surface area contributed by atoms with E-state index in [0.29, 0.717) is 5.56 Å². The van der Waals surface area contributed by atoms with Crippen molar-refractivity contribution < 1.29 is 18.4 Å². The van der Waals surface area contributed by atoms with Crippen LogP contribution in [0.2, 0.25) is 0 Å². The van der Waals surface area contributed by atoms with E-state index < -0.39 is 24.9 Å². The van der Waals surface area contributed by atoms with Crippen molar-refractivity contribution in [1.29, 1.82) is 0 Å². The van der Waals surface area contributed by atoms with E-state index in [1.807, 2.05) is 0 Å². The fourth-order valence-corrected chi connectivity index (χ4v) is 1.65. The SMILES string of the molecule is Cl.NCC(F)(F)CNC(=O)CCNC(=O)c1ccc(Br)cc1. The van der Waals surface area contributed by atoms with Crippen molar-refractivity contribution in [2.24, 2.45) is 5.73 Å². The standard InChI is InChI=1S/C13H16BrF2N3O2.ClH/c14-10-3-1-9(2-4-10)12(21)18-6-5-11(20)19-8-13(15,16)7-17;/h1-4H,5-8,17H2,(H,18,21)(H,19,20);1H. The molecule has 1 rings (SSSR count). The summed E-state index contributed by atoms with van der Waals surface area (Å²) in [4.78, 5) is 23.0. The summed E-state index contributed by atoms with van der Waals surface area (Å²) < 4.78 is 26.5. The third-order valence-corrected chi connectivity index (χ3v) is 3.12. The van der Waals surface area contributed by atoms with Crippen molar-refractivity contribution in [1.82, 2.24) is 10.6 Å². The molecule has 0 radical (unpaired) electrons. The van der Waals surface area contributed by atoms with Crippen LogP contribution >= 0.6 is 28.3 Å². The van der Waals surface area contributed by atoms with Gasteiger partial charge in [-0.3, -0.25) is 9.59 Å². The largest absolute Gasteiger partial charge is 0.352 e. The van der Waals surface area contributed by atoms with Crippen molar-refractivity contribution in [3.63, 3.8) is 0 Å². The van der Waals surface area contributed by atoms with Gasteiger partial charge >= 0.3 is 0 Å². The van der Waals surface area contributed by atoms with Gasteiger partial charge in [0, 0.05) is 23.0 Å². The molecule has 0 saturated carbocycles. The van der Waals surface area contributed by atoms with Crippen LogP contribution < -0.4 is 16.4 Å². The molecule has 0 fully saturated rings. The average Bonchev–Trinajstić information content (AvgIpc) is 2.46. The van der Waals surface area contributed by atoms with Crippen LogP contribution in [0.1, 0.15) is 16.8 Å². The molecule has 4 N–H and O–H groups in total. The van der Waals surface area contributed by atoms with E-state index in [1.165, 1.54) is 0 Å². The second-order valence-corrected chi connectivity index (χ2v) is 5.27. The molecule has 0 aliphatic carbocycles. The number of benzene rings is 1. The van der Waals surface area contributed by atoms with Gasteiger partial charge in [0.1, 0.15) is 0 Å². The topological polar surface area (TPSA) is 84.2 Å². The van der Waals surface area contributed by atoms with Crippen LogP contribution in [0.15, 0.2) is 28.7 Å². The van der Waals surface area contributed by atoms with Gasteiger partial charge in [0.15, 0.2) is 0 Å². The average molecular weight is 401 g/mol. The minimum absolute atomic E-state index is 0. The lowest BCUT2D eigenvalue weighted by Gasteiger charge is -2.14. The van der Waals surface area contributed by atoms with Gasteiger partial charge in [0.2, 0.25) is 5.91 Å². The molecule has 0 aromatic heterocycles. The zero-order valence-electron chi connectivity index (χ0n) is 11.6. The van der Waals surface area contributed by atoms with Gasteiger partial charge in [-0.05, 0) is 24.3 Å². The molecule has 0 heterocycles. The zero-order valence-corrected chi connectivity index (χ0v) is 14.0. The minimum atomic E-state index is -3.11. The first-order valence-corrected chi connectivity index (χ1v) is 7.02. The number of amides is 2. The van der Waals surface area contributed by atoms with E-state index in [0.717, 1.165) is 4.47 Å². The molecule has 0 aliphatic rings. The maximum Gasteiger partial charge on any atom is 0.277 e. The Balaban J connectivity index is 0.00000441. The molecule has 0 spiro atoms. The molecule has 0 bridgehead atoms. The number of nitrogens with two attached hydrogens (primary N) is 1. The van der Waals surface area contributed by atoms with Crippen molar-refractivity contribution in [3.05, 3.63) is 34.3 Å². The summed E-state index contributed by atoms with van der Waals surface area (Å²) in [7, 11) is 0. The Labute approximate surface area is 141 Å². The maximum absolute atomic E-state index is 12.8. The number of carbonyl (C=O) groups is 2. The molecular formula is C13H17BrClF2N3O2. The fraction of sp³-hybridized carbons (Fsp3) is 0.385. The van der Waals surface area contributed by atoms with Gasteiger partial charge in [-0.2, -0.15) is 0 Å². The van der Waals surface area contributed by atoms with E-state index in [1.54, 1.807) is 24.3 Å².